The first-order valence-corrected chi connectivity index (χ1v) is 5.07. The highest BCUT2D eigenvalue weighted by molar-refractivity contribution is 5.92. The summed E-state index contributed by atoms with van der Waals surface area (Å²) < 4.78 is 0. The number of rotatable bonds is 4. The van der Waals surface area contributed by atoms with Crippen molar-refractivity contribution < 1.29 is 4.79 Å². The number of hydrogen-bond donors (Lipinski definition) is 1. The van der Waals surface area contributed by atoms with E-state index in [-0.39, 0.29) is 5.91 Å². The molecule has 4 heteroatoms. The largest absolute Gasteiger partial charge is 0.370 e. The zero-order valence-electron chi connectivity index (χ0n) is 9.45. The molecule has 1 rings (SSSR count). The Morgan fingerprint density at radius 1 is 1.47 bits per heavy atom. The van der Waals surface area contributed by atoms with Gasteiger partial charge in [-0.05, 0) is 18.6 Å². The molecule has 1 amide bonds. The highest BCUT2D eigenvalue weighted by Gasteiger charge is 2.09. The molecule has 0 aliphatic rings. The van der Waals surface area contributed by atoms with E-state index in [1.807, 2.05) is 12.1 Å². The first-order chi connectivity index (χ1) is 7.15. The average molecular weight is 207 g/mol. The van der Waals surface area contributed by atoms with Gasteiger partial charge in [0, 0.05) is 20.6 Å². The summed E-state index contributed by atoms with van der Waals surface area (Å²) in [6.07, 6.45) is 1.04. The van der Waals surface area contributed by atoms with Gasteiger partial charge in [0.05, 0.1) is 0 Å². The molecule has 0 saturated carbocycles. The van der Waals surface area contributed by atoms with Crippen molar-refractivity contribution in [3.05, 3.63) is 23.9 Å². The lowest BCUT2D eigenvalue weighted by atomic mass is 10.3. The van der Waals surface area contributed by atoms with E-state index in [0.29, 0.717) is 5.69 Å². The van der Waals surface area contributed by atoms with Gasteiger partial charge in [-0.2, -0.15) is 0 Å². The summed E-state index contributed by atoms with van der Waals surface area (Å²) >= 11 is 0. The summed E-state index contributed by atoms with van der Waals surface area (Å²) in [4.78, 5) is 17.4. The molecule has 1 aromatic rings. The van der Waals surface area contributed by atoms with Crippen LogP contribution in [0.25, 0.3) is 0 Å². The van der Waals surface area contributed by atoms with Crippen molar-refractivity contribution >= 4 is 11.7 Å². The SMILES string of the molecule is CCCNc1cccc(C(=O)N(C)C)n1. The molecular formula is C11H17N3O. The number of aromatic nitrogens is 1. The Hall–Kier alpha value is -1.58. The van der Waals surface area contributed by atoms with Crippen LogP contribution in [0.3, 0.4) is 0 Å². The van der Waals surface area contributed by atoms with E-state index in [1.54, 1.807) is 20.2 Å². The Morgan fingerprint density at radius 3 is 2.80 bits per heavy atom. The minimum absolute atomic E-state index is 0.0739. The van der Waals surface area contributed by atoms with Crippen LogP contribution in [0.4, 0.5) is 5.82 Å². The molecule has 0 bridgehead atoms. The van der Waals surface area contributed by atoms with E-state index >= 15 is 0 Å². The first kappa shape index (κ1) is 11.5. The Balaban J connectivity index is 2.78. The van der Waals surface area contributed by atoms with Crippen molar-refractivity contribution in [3.63, 3.8) is 0 Å². The van der Waals surface area contributed by atoms with Gasteiger partial charge in [-0.15, -0.1) is 0 Å². The maximum Gasteiger partial charge on any atom is 0.272 e. The topological polar surface area (TPSA) is 45.2 Å². The van der Waals surface area contributed by atoms with Crippen molar-refractivity contribution in [1.29, 1.82) is 0 Å². The standard InChI is InChI=1S/C11H17N3O/c1-4-8-12-10-7-5-6-9(13-10)11(15)14(2)3/h5-7H,4,8H2,1-3H3,(H,12,13). The van der Waals surface area contributed by atoms with E-state index in [9.17, 15) is 4.79 Å². The predicted octanol–water partition coefficient (Wildman–Crippen LogP) is 1.61. The minimum atomic E-state index is -0.0739. The highest BCUT2D eigenvalue weighted by atomic mass is 16.2. The van der Waals surface area contributed by atoms with E-state index in [4.69, 9.17) is 0 Å². The number of anilines is 1. The van der Waals surface area contributed by atoms with Crippen LogP contribution in [-0.4, -0.2) is 36.4 Å². The lowest BCUT2D eigenvalue weighted by Crippen LogP contribution is -2.23. The van der Waals surface area contributed by atoms with Crippen LogP contribution in [0.5, 0.6) is 0 Å². The summed E-state index contributed by atoms with van der Waals surface area (Å²) in [6, 6.07) is 5.42. The number of pyridine rings is 1. The molecule has 1 aromatic heterocycles. The molecule has 1 heterocycles. The molecule has 4 nitrogen and oxygen atoms in total. The molecule has 1 N–H and O–H groups in total. The molecule has 0 unspecified atom stereocenters. The molecule has 0 atom stereocenters. The van der Waals surface area contributed by atoms with Gasteiger partial charge in [0.25, 0.3) is 5.91 Å². The fraction of sp³-hybridized carbons (Fsp3) is 0.455. The summed E-state index contributed by atoms with van der Waals surface area (Å²) in [5.74, 6) is 0.680. The van der Waals surface area contributed by atoms with Gasteiger partial charge < -0.3 is 10.2 Å². The summed E-state index contributed by atoms with van der Waals surface area (Å²) in [5, 5.41) is 3.15. The molecule has 0 aliphatic carbocycles. The molecule has 0 aliphatic heterocycles. The zero-order chi connectivity index (χ0) is 11.3. The van der Waals surface area contributed by atoms with E-state index in [2.05, 4.69) is 17.2 Å². The zero-order valence-corrected chi connectivity index (χ0v) is 9.45. The lowest BCUT2D eigenvalue weighted by molar-refractivity contribution is 0.0822. The normalized spacial score (nSPS) is 9.80. The third-order valence-electron chi connectivity index (χ3n) is 1.93. The molecule has 0 aromatic carbocycles. The van der Waals surface area contributed by atoms with Crippen LogP contribution in [0.15, 0.2) is 18.2 Å². The predicted molar refractivity (Wildman–Crippen MR) is 61.0 cm³/mol. The molecule has 82 valence electrons. The molecule has 0 radical (unpaired) electrons. The molecular weight excluding hydrogens is 190 g/mol. The van der Waals surface area contributed by atoms with Crippen LogP contribution in [0.2, 0.25) is 0 Å². The molecule has 0 fully saturated rings. The van der Waals surface area contributed by atoms with Crippen molar-refractivity contribution in [3.8, 4) is 0 Å². The monoisotopic (exact) mass is 207 g/mol. The Kier molecular flexibility index (Phi) is 4.09. The van der Waals surface area contributed by atoms with Crippen LogP contribution in [-0.2, 0) is 0 Å². The number of hydrogen-bond acceptors (Lipinski definition) is 3. The summed E-state index contributed by atoms with van der Waals surface area (Å²) in [6.45, 7) is 2.95. The quantitative estimate of drug-likeness (QED) is 0.815. The number of carbonyl (C=O) groups excluding carboxylic acids is 1. The third-order valence-corrected chi connectivity index (χ3v) is 1.93. The van der Waals surface area contributed by atoms with Gasteiger partial charge in [0.15, 0.2) is 0 Å². The van der Waals surface area contributed by atoms with Gasteiger partial charge in [0.2, 0.25) is 0 Å². The number of nitrogens with zero attached hydrogens (tertiary/aromatic N) is 2. The second-order valence-corrected chi connectivity index (χ2v) is 3.53. The molecule has 0 spiro atoms. The second-order valence-electron chi connectivity index (χ2n) is 3.53. The summed E-state index contributed by atoms with van der Waals surface area (Å²) in [7, 11) is 3.44. The maximum atomic E-state index is 11.6. The number of carbonyl (C=O) groups is 1. The maximum absolute atomic E-state index is 11.6. The minimum Gasteiger partial charge on any atom is -0.370 e. The van der Waals surface area contributed by atoms with Crippen molar-refractivity contribution in [1.82, 2.24) is 9.88 Å². The van der Waals surface area contributed by atoms with E-state index in [0.717, 1.165) is 18.8 Å². The Labute approximate surface area is 90.3 Å². The first-order valence-electron chi connectivity index (χ1n) is 5.07. The fourth-order valence-corrected chi connectivity index (χ4v) is 1.13. The summed E-state index contributed by atoms with van der Waals surface area (Å²) in [5.41, 5.74) is 0.473. The Morgan fingerprint density at radius 2 is 2.20 bits per heavy atom. The van der Waals surface area contributed by atoms with Crippen molar-refractivity contribution in [2.24, 2.45) is 0 Å². The Bertz CT molecular complexity index is 336. The van der Waals surface area contributed by atoms with E-state index in [1.165, 1.54) is 4.90 Å². The van der Waals surface area contributed by atoms with Gasteiger partial charge in [-0.3, -0.25) is 4.79 Å². The van der Waals surface area contributed by atoms with Gasteiger partial charge in [-0.25, -0.2) is 4.98 Å². The molecule has 0 saturated heterocycles. The number of nitrogens with one attached hydrogen (secondary N) is 1. The van der Waals surface area contributed by atoms with Crippen molar-refractivity contribution in [2.45, 2.75) is 13.3 Å². The van der Waals surface area contributed by atoms with Crippen LogP contribution >= 0.6 is 0 Å². The fourth-order valence-electron chi connectivity index (χ4n) is 1.13. The average Bonchev–Trinajstić information content (AvgIpc) is 2.25. The van der Waals surface area contributed by atoms with Crippen molar-refractivity contribution in [2.75, 3.05) is 26.0 Å². The number of amides is 1. The highest BCUT2D eigenvalue weighted by Crippen LogP contribution is 2.06. The van der Waals surface area contributed by atoms with Crippen LogP contribution in [0, 0.1) is 0 Å². The van der Waals surface area contributed by atoms with Gasteiger partial charge >= 0.3 is 0 Å². The second kappa shape index (κ2) is 5.34. The van der Waals surface area contributed by atoms with Crippen LogP contribution in [0.1, 0.15) is 23.8 Å². The van der Waals surface area contributed by atoms with E-state index < -0.39 is 0 Å². The third kappa shape index (κ3) is 3.23. The van der Waals surface area contributed by atoms with Gasteiger partial charge in [-0.1, -0.05) is 13.0 Å². The van der Waals surface area contributed by atoms with Crippen LogP contribution < -0.4 is 5.32 Å². The molecule has 15 heavy (non-hydrogen) atoms. The van der Waals surface area contributed by atoms with Gasteiger partial charge in [0.1, 0.15) is 11.5 Å². The lowest BCUT2D eigenvalue weighted by Gasteiger charge is -2.10. The smallest absolute Gasteiger partial charge is 0.272 e.